The van der Waals surface area contributed by atoms with Gasteiger partial charge < -0.3 is 15.3 Å². The van der Waals surface area contributed by atoms with Crippen molar-refractivity contribution in [3.8, 4) is 0 Å². The van der Waals surface area contributed by atoms with Gasteiger partial charge in [-0.15, -0.1) is 0 Å². The summed E-state index contributed by atoms with van der Waals surface area (Å²) in [5, 5.41) is 20.6. The van der Waals surface area contributed by atoms with E-state index in [9.17, 15) is 18.3 Å². The number of halogens is 3. The first kappa shape index (κ1) is 23.2. The Balaban J connectivity index is 1.37. The molecule has 2 aromatic rings. The summed E-state index contributed by atoms with van der Waals surface area (Å²) in [6, 6.07) is 2.29. The highest BCUT2D eigenvalue weighted by Crippen LogP contribution is 2.44. The SMILES string of the molecule is O=C(NC1CCS(=O)(=O)CC1)N1CCC(C(F)(F)C(O)c2cc(Cl)cc3cn[nH]c23)CC1. The topological polar surface area (TPSA) is 115 Å². The Bertz CT molecular complexity index is 1090. The molecule has 0 bridgehead atoms. The van der Waals surface area contributed by atoms with Gasteiger partial charge in [-0.3, -0.25) is 5.10 Å². The molecule has 2 aliphatic heterocycles. The van der Waals surface area contributed by atoms with E-state index in [1.165, 1.54) is 17.2 Å². The number of hydrogen-bond acceptors (Lipinski definition) is 5. The highest BCUT2D eigenvalue weighted by atomic mass is 35.5. The number of carbonyl (C=O) groups is 1. The number of aromatic nitrogens is 2. The molecule has 3 heterocycles. The third-order valence-corrected chi connectivity index (χ3v) is 8.35. The Morgan fingerprint density at radius 3 is 2.56 bits per heavy atom. The minimum Gasteiger partial charge on any atom is -0.382 e. The number of piperidine rings is 1. The molecule has 2 saturated heterocycles. The zero-order valence-corrected chi connectivity index (χ0v) is 18.8. The normalized spacial score (nSPS) is 21.6. The summed E-state index contributed by atoms with van der Waals surface area (Å²) in [5.74, 6) is -4.46. The number of amides is 2. The number of aliphatic hydroxyl groups excluding tert-OH is 1. The van der Waals surface area contributed by atoms with E-state index in [4.69, 9.17) is 11.6 Å². The largest absolute Gasteiger partial charge is 0.382 e. The predicted molar refractivity (Wildman–Crippen MR) is 116 cm³/mol. The second-order valence-electron chi connectivity index (χ2n) is 8.54. The van der Waals surface area contributed by atoms with Crippen molar-refractivity contribution in [2.75, 3.05) is 24.6 Å². The smallest absolute Gasteiger partial charge is 0.317 e. The van der Waals surface area contributed by atoms with Crippen molar-refractivity contribution < 1.29 is 27.1 Å². The van der Waals surface area contributed by atoms with Crippen LogP contribution < -0.4 is 5.32 Å². The zero-order chi connectivity index (χ0) is 23.1. The molecule has 1 atom stereocenters. The van der Waals surface area contributed by atoms with Gasteiger partial charge in [-0.05, 0) is 37.8 Å². The molecule has 1 aromatic heterocycles. The Morgan fingerprint density at radius 1 is 1.25 bits per heavy atom. The van der Waals surface area contributed by atoms with Gasteiger partial charge in [0.2, 0.25) is 0 Å². The number of fused-ring (bicyclic) bond motifs is 1. The fourth-order valence-electron chi connectivity index (χ4n) is 4.46. The Morgan fingerprint density at radius 2 is 1.91 bits per heavy atom. The van der Waals surface area contributed by atoms with Crippen molar-refractivity contribution in [3.63, 3.8) is 0 Å². The molecule has 0 aliphatic carbocycles. The number of hydrogen-bond donors (Lipinski definition) is 3. The van der Waals surface area contributed by atoms with Crippen LogP contribution in [0.15, 0.2) is 18.3 Å². The fourth-order valence-corrected chi connectivity index (χ4v) is 6.19. The van der Waals surface area contributed by atoms with Crippen molar-refractivity contribution in [1.82, 2.24) is 20.4 Å². The summed E-state index contributed by atoms with van der Waals surface area (Å²) in [6.07, 6.45) is 0.159. The number of alkyl halides is 2. The highest BCUT2D eigenvalue weighted by molar-refractivity contribution is 7.91. The highest BCUT2D eigenvalue weighted by Gasteiger charge is 2.49. The number of aromatic amines is 1. The molecule has 3 N–H and O–H groups in total. The lowest BCUT2D eigenvalue weighted by atomic mass is 9.85. The van der Waals surface area contributed by atoms with Crippen LogP contribution >= 0.6 is 11.6 Å². The summed E-state index contributed by atoms with van der Waals surface area (Å²) in [5.41, 5.74) is 0.301. The summed E-state index contributed by atoms with van der Waals surface area (Å²) in [4.78, 5) is 14.0. The number of benzene rings is 1. The molecule has 1 unspecified atom stereocenters. The molecular formula is C20H25ClF2N4O4S. The van der Waals surface area contributed by atoms with Crippen molar-refractivity contribution >= 4 is 38.4 Å². The minimum atomic E-state index is -3.43. The van der Waals surface area contributed by atoms with Gasteiger partial charge >= 0.3 is 6.03 Å². The summed E-state index contributed by atoms with van der Waals surface area (Å²) in [7, 11) is -3.03. The monoisotopic (exact) mass is 490 g/mol. The van der Waals surface area contributed by atoms with E-state index in [1.807, 2.05) is 0 Å². The van der Waals surface area contributed by atoms with Crippen LogP contribution in [-0.2, 0) is 9.84 Å². The number of H-pyrrole nitrogens is 1. The van der Waals surface area contributed by atoms with Crippen LogP contribution in [0.1, 0.15) is 37.4 Å². The molecule has 0 radical (unpaired) electrons. The number of nitrogens with one attached hydrogen (secondary N) is 2. The maximum Gasteiger partial charge on any atom is 0.317 e. The van der Waals surface area contributed by atoms with Crippen molar-refractivity contribution in [2.45, 2.75) is 43.8 Å². The van der Waals surface area contributed by atoms with Crippen molar-refractivity contribution in [1.29, 1.82) is 0 Å². The third kappa shape index (κ3) is 4.69. The maximum absolute atomic E-state index is 15.2. The standard InChI is InChI=1S/C20H25ClF2N4O4S/c21-14-9-12-11-24-26-17(12)16(10-14)18(28)20(22,23)13-1-5-27(6-2-13)19(29)25-15-3-7-32(30,31)8-4-15/h9-11,13,15,18,28H,1-8H2,(H,24,26)(H,25,29). The lowest BCUT2D eigenvalue weighted by molar-refractivity contribution is -0.159. The van der Waals surface area contributed by atoms with Gasteiger partial charge in [-0.1, -0.05) is 11.6 Å². The second-order valence-corrected chi connectivity index (χ2v) is 11.3. The maximum atomic E-state index is 15.2. The first-order valence-electron chi connectivity index (χ1n) is 10.5. The number of sulfone groups is 1. The lowest BCUT2D eigenvalue weighted by Gasteiger charge is -2.38. The number of aliphatic hydroxyl groups is 1. The van der Waals surface area contributed by atoms with E-state index in [-0.39, 0.29) is 60.1 Å². The Labute approximate surface area is 189 Å². The van der Waals surface area contributed by atoms with E-state index in [0.717, 1.165) is 0 Å². The number of nitrogens with zero attached hydrogens (tertiary/aromatic N) is 2. The van der Waals surface area contributed by atoms with Gasteiger partial charge in [-0.2, -0.15) is 5.10 Å². The Hall–Kier alpha value is -1.98. The number of rotatable bonds is 4. The quantitative estimate of drug-likeness (QED) is 0.609. The van der Waals surface area contributed by atoms with Gasteiger partial charge in [0.25, 0.3) is 5.92 Å². The third-order valence-electron chi connectivity index (χ3n) is 6.41. The van der Waals surface area contributed by atoms with Gasteiger partial charge in [0.05, 0.1) is 23.2 Å². The van der Waals surface area contributed by atoms with E-state index >= 15 is 8.78 Å². The van der Waals surface area contributed by atoms with Gasteiger partial charge in [0.15, 0.2) is 0 Å². The average Bonchev–Trinajstić information content (AvgIpc) is 3.22. The molecule has 8 nitrogen and oxygen atoms in total. The second kappa shape index (κ2) is 8.75. The first-order chi connectivity index (χ1) is 15.1. The molecule has 0 saturated carbocycles. The van der Waals surface area contributed by atoms with E-state index in [0.29, 0.717) is 23.7 Å². The minimum absolute atomic E-state index is 0.0116. The molecule has 4 rings (SSSR count). The molecule has 32 heavy (non-hydrogen) atoms. The number of likely N-dealkylation sites (tertiary alicyclic amines) is 1. The molecule has 12 heteroatoms. The lowest BCUT2D eigenvalue weighted by Crippen LogP contribution is -2.51. The predicted octanol–water partition coefficient (Wildman–Crippen LogP) is 2.88. The summed E-state index contributed by atoms with van der Waals surface area (Å²) < 4.78 is 53.5. The molecular weight excluding hydrogens is 466 g/mol. The van der Waals surface area contributed by atoms with E-state index in [2.05, 4.69) is 15.5 Å². The van der Waals surface area contributed by atoms with Crippen molar-refractivity contribution in [3.05, 3.63) is 28.9 Å². The van der Waals surface area contributed by atoms with E-state index < -0.39 is 27.8 Å². The summed E-state index contributed by atoms with van der Waals surface area (Å²) >= 11 is 6.03. The van der Waals surface area contributed by atoms with Crippen LogP contribution in [0.25, 0.3) is 10.9 Å². The summed E-state index contributed by atoms with van der Waals surface area (Å²) in [6.45, 7) is 0.248. The van der Waals surface area contributed by atoms with Crippen LogP contribution in [0.4, 0.5) is 13.6 Å². The van der Waals surface area contributed by atoms with Gasteiger partial charge in [0.1, 0.15) is 15.9 Å². The first-order valence-corrected chi connectivity index (χ1v) is 12.7. The zero-order valence-electron chi connectivity index (χ0n) is 17.2. The average molecular weight is 491 g/mol. The van der Waals surface area contributed by atoms with Crippen LogP contribution in [0.5, 0.6) is 0 Å². The molecule has 2 amide bonds. The number of carbonyl (C=O) groups excluding carboxylic acids is 1. The van der Waals surface area contributed by atoms with E-state index in [1.54, 1.807) is 6.07 Å². The van der Waals surface area contributed by atoms with Crippen LogP contribution in [-0.4, -0.2) is 71.2 Å². The van der Waals surface area contributed by atoms with Crippen molar-refractivity contribution in [2.24, 2.45) is 5.92 Å². The molecule has 1 aromatic carbocycles. The van der Waals surface area contributed by atoms with Crippen LogP contribution in [0.3, 0.4) is 0 Å². The molecule has 0 spiro atoms. The molecule has 2 aliphatic rings. The fraction of sp³-hybridized carbons (Fsp3) is 0.600. The number of urea groups is 1. The van der Waals surface area contributed by atoms with Crippen LogP contribution in [0, 0.1) is 5.92 Å². The Kier molecular flexibility index (Phi) is 6.34. The van der Waals surface area contributed by atoms with Crippen LogP contribution in [0.2, 0.25) is 5.02 Å². The molecule has 2 fully saturated rings. The van der Waals surface area contributed by atoms with Gasteiger partial charge in [-0.25, -0.2) is 22.0 Å². The van der Waals surface area contributed by atoms with Gasteiger partial charge in [0, 0.05) is 41.0 Å². The molecule has 176 valence electrons.